The molecule has 4 nitrogen and oxygen atoms in total. The van der Waals surface area contributed by atoms with E-state index in [1.165, 1.54) is 12.1 Å². The van der Waals surface area contributed by atoms with Gasteiger partial charge in [-0.3, -0.25) is 0 Å². The molecule has 3 rings (SSSR count). The van der Waals surface area contributed by atoms with Gasteiger partial charge < -0.3 is 9.84 Å². The number of halogens is 5. The Hall–Kier alpha value is 0.860. The summed E-state index contributed by atoms with van der Waals surface area (Å²) in [7, 11) is -3.72. The van der Waals surface area contributed by atoms with Gasteiger partial charge in [0.1, 0.15) is 18.1 Å². The molecular formula is C19H11I5O4S. The Bertz CT molecular complexity index is 1150. The number of sulfone groups is 1. The lowest BCUT2D eigenvalue weighted by atomic mass is 10.2. The number of benzene rings is 3. The fourth-order valence-electron chi connectivity index (χ4n) is 2.45. The SMILES string of the molecule is O=S(=O)(c1cc(I)c(O)c(I)c1)c1cc(I)c(OCc2cccc(I)c2)c(I)c1. The number of phenols is 1. The lowest BCUT2D eigenvalue weighted by Crippen LogP contribution is -2.06. The molecule has 0 fully saturated rings. The molecule has 0 aliphatic carbocycles. The van der Waals surface area contributed by atoms with E-state index in [2.05, 4.69) is 67.8 Å². The first-order valence-corrected chi connectivity index (χ1v) is 14.8. The highest BCUT2D eigenvalue weighted by Gasteiger charge is 2.23. The summed E-state index contributed by atoms with van der Waals surface area (Å²) in [5, 5.41) is 9.93. The zero-order valence-corrected chi connectivity index (χ0v) is 25.9. The first-order valence-electron chi connectivity index (χ1n) is 7.89. The van der Waals surface area contributed by atoms with E-state index in [-0.39, 0.29) is 15.5 Å². The van der Waals surface area contributed by atoms with E-state index in [1.807, 2.05) is 69.4 Å². The molecule has 0 bridgehead atoms. The van der Waals surface area contributed by atoms with Crippen molar-refractivity contribution >= 4 is 123 Å². The van der Waals surface area contributed by atoms with Crippen LogP contribution in [0, 0.1) is 17.9 Å². The van der Waals surface area contributed by atoms with Crippen molar-refractivity contribution in [3.63, 3.8) is 0 Å². The van der Waals surface area contributed by atoms with E-state index in [0.29, 0.717) is 19.5 Å². The standard InChI is InChI=1S/C19H11I5O4S/c20-11-3-1-2-10(4-11)9-28-19-16(23)7-13(8-17(19)24)29(26,27)12-5-14(21)18(25)15(22)6-12/h1-8,25H,9H2. The molecule has 0 saturated carbocycles. The van der Waals surface area contributed by atoms with Gasteiger partial charge in [0.2, 0.25) is 9.84 Å². The zero-order chi connectivity index (χ0) is 21.3. The number of rotatable bonds is 5. The van der Waals surface area contributed by atoms with Gasteiger partial charge in [-0.25, -0.2) is 8.42 Å². The first kappa shape index (κ1) is 24.5. The van der Waals surface area contributed by atoms with E-state index in [4.69, 9.17) is 4.74 Å². The monoisotopic (exact) mass is 970 g/mol. The fourth-order valence-corrected chi connectivity index (χ4v) is 9.11. The van der Waals surface area contributed by atoms with Gasteiger partial charge in [-0.2, -0.15) is 0 Å². The Balaban J connectivity index is 1.94. The van der Waals surface area contributed by atoms with Crippen LogP contribution in [-0.4, -0.2) is 13.5 Å². The number of aromatic hydroxyl groups is 1. The van der Waals surface area contributed by atoms with Crippen LogP contribution in [0.2, 0.25) is 0 Å². The first-order chi connectivity index (χ1) is 13.6. The van der Waals surface area contributed by atoms with E-state index in [9.17, 15) is 13.5 Å². The molecule has 0 atom stereocenters. The van der Waals surface area contributed by atoms with Crippen molar-refractivity contribution in [3.05, 3.63) is 71.9 Å². The molecule has 0 spiro atoms. The summed E-state index contributed by atoms with van der Waals surface area (Å²) in [6, 6.07) is 14.2. The van der Waals surface area contributed by atoms with E-state index < -0.39 is 9.84 Å². The smallest absolute Gasteiger partial charge is 0.206 e. The molecule has 0 aliphatic heterocycles. The summed E-state index contributed by atoms with van der Waals surface area (Å²) in [6.45, 7) is 0.406. The summed E-state index contributed by atoms with van der Waals surface area (Å²) in [4.78, 5) is 0.355. The van der Waals surface area contributed by atoms with Gasteiger partial charge in [0, 0.05) is 3.57 Å². The van der Waals surface area contributed by atoms with Crippen molar-refractivity contribution in [2.45, 2.75) is 16.4 Å². The second kappa shape index (κ2) is 10.2. The van der Waals surface area contributed by atoms with E-state index >= 15 is 0 Å². The van der Waals surface area contributed by atoms with Gasteiger partial charge >= 0.3 is 0 Å². The Morgan fingerprint density at radius 1 is 0.793 bits per heavy atom. The number of phenolic OH excluding ortho intramolecular Hbond substituents is 1. The van der Waals surface area contributed by atoms with Gasteiger partial charge in [-0.05, 0) is 155 Å². The van der Waals surface area contributed by atoms with Crippen molar-refractivity contribution in [1.82, 2.24) is 0 Å². The lowest BCUT2D eigenvalue weighted by Gasteiger charge is -2.14. The topological polar surface area (TPSA) is 63.6 Å². The van der Waals surface area contributed by atoms with Crippen LogP contribution in [0.15, 0.2) is 58.3 Å². The van der Waals surface area contributed by atoms with Crippen LogP contribution in [-0.2, 0) is 16.4 Å². The molecule has 0 unspecified atom stereocenters. The van der Waals surface area contributed by atoms with Gasteiger partial charge in [-0.1, -0.05) is 12.1 Å². The van der Waals surface area contributed by atoms with Crippen molar-refractivity contribution in [1.29, 1.82) is 0 Å². The van der Waals surface area contributed by atoms with Gasteiger partial charge in [0.05, 0.1) is 24.1 Å². The summed E-state index contributed by atoms with van der Waals surface area (Å²) in [5.74, 6) is 0.757. The minimum Gasteiger partial charge on any atom is -0.506 e. The summed E-state index contributed by atoms with van der Waals surface area (Å²) in [5.41, 5.74) is 1.05. The van der Waals surface area contributed by atoms with Gasteiger partial charge in [0.15, 0.2) is 0 Å². The Morgan fingerprint density at radius 2 is 1.31 bits per heavy atom. The molecule has 10 heteroatoms. The van der Waals surface area contributed by atoms with Crippen LogP contribution in [0.25, 0.3) is 0 Å². The third-order valence-electron chi connectivity index (χ3n) is 3.86. The highest BCUT2D eigenvalue weighted by atomic mass is 127. The van der Waals surface area contributed by atoms with Gasteiger partial charge in [-0.15, -0.1) is 0 Å². The van der Waals surface area contributed by atoms with Crippen molar-refractivity contribution in [2.75, 3.05) is 0 Å². The van der Waals surface area contributed by atoms with Crippen LogP contribution in [0.4, 0.5) is 0 Å². The van der Waals surface area contributed by atoms with Crippen LogP contribution < -0.4 is 4.74 Å². The maximum atomic E-state index is 13.1. The number of hydrogen-bond donors (Lipinski definition) is 1. The quantitative estimate of drug-likeness (QED) is 0.286. The number of ether oxygens (including phenoxy) is 1. The minimum absolute atomic E-state index is 0.0913. The summed E-state index contributed by atoms with van der Waals surface area (Å²) >= 11 is 10.3. The fraction of sp³-hybridized carbons (Fsp3) is 0.0526. The normalized spacial score (nSPS) is 11.5. The third kappa shape index (κ3) is 5.81. The second-order valence-corrected chi connectivity index (χ2v) is 13.7. The Kier molecular flexibility index (Phi) is 8.62. The minimum atomic E-state index is -3.72. The second-order valence-electron chi connectivity index (χ2n) is 5.87. The molecule has 0 saturated heterocycles. The average Bonchev–Trinajstić information content (AvgIpc) is 2.65. The van der Waals surface area contributed by atoms with Crippen LogP contribution in [0.3, 0.4) is 0 Å². The molecule has 152 valence electrons. The molecule has 0 amide bonds. The predicted molar refractivity (Wildman–Crippen MR) is 154 cm³/mol. The molecule has 29 heavy (non-hydrogen) atoms. The molecule has 0 heterocycles. The van der Waals surface area contributed by atoms with Gasteiger partial charge in [0.25, 0.3) is 0 Å². The molecule has 1 N–H and O–H groups in total. The van der Waals surface area contributed by atoms with Crippen LogP contribution in [0.1, 0.15) is 5.56 Å². The highest BCUT2D eigenvalue weighted by Crippen LogP contribution is 2.35. The van der Waals surface area contributed by atoms with Crippen molar-refractivity contribution in [3.8, 4) is 11.5 Å². The number of hydrogen-bond acceptors (Lipinski definition) is 4. The maximum Gasteiger partial charge on any atom is 0.206 e. The molecule has 3 aromatic carbocycles. The zero-order valence-electron chi connectivity index (χ0n) is 14.3. The Morgan fingerprint density at radius 3 is 1.83 bits per heavy atom. The molecule has 0 radical (unpaired) electrons. The van der Waals surface area contributed by atoms with E-state index in [1.54, 1.807) is 12.1 Å². The van der Waals surface area contributed by atoms with Crippen LogP contribution >= 0.6 is 113 Å². The summed E-state index contributed by atoms with van der Waals surface area (Å²) < 4.78 is 35.8. The maximum absolute atomic E-state index is 13.1. The third-order valence-corrected chi connectivity index (χ3v) is 9.49. The Labute approximate surface area is 237 Å². The lowest BCUT2D eigenvalue weighted by molar-refractivity contribution is 0.301. The summed E-state index contributed by atoms with van der Waals surface area (Å²) in [6.07, 6.45) is 0. The molecule has 0 aliphatic rings. The largest absolute Gasteiger partial charge is 0.506 e. The molecule has 3 aromatic rings. The van der Waals surface area contributed by atoms with Crippen molar-refractivity contribution in [2.24, 2.45) is 0 Å². The van der Waals surface area contributed by atoms with Crippen LogP contribution in [0.5, 0.6) is 11.5 Å². The predicted octanol–water partition coefficient (Wildman–Crippen LogP) is 6.83. The average molecular weight is 970 g/mol. The molecular weight excluding hydrogens is 959 g/mol. The highest BCUT2D eigenvalue weighted by molar-refractivity contribution is 14.1. The van der Waals surface area contributed by atoms with E-state index in [0.717, 1.165) is 16.3 Å². The molecule has 0 aromatic heterocycles. The van der Waals surface area contributed by atoms with Crippen molar-refractivity contribution < 1.29 is 18.3 Å².